The van der Waals surface area contributed by atoms with Crippen LogP contribution in [0.4, 0.5) is 0 Å². The lowest BCUT2D eigenvalue weighted by Gasteiger charge is -2.25. The van der Waals surface area contributed by atoms with Crippen LogP contribution in [-0.2, 0) is 17.3 Å². The van der Waals surface area contributed by atoms with Crippen molar-refractivity contribution in [1.82, 2.24) is 0 Å². The van der Waals surface area contributed by atoms with Crippen molar-refractivity contribution in [3.63, 3.8) is 0 Å². The van der Waals surface area contributed by atoms with Gasteiger partial charge in [0, 0.05) is 12.3 Å². The summed E-state index contributed by atoms with van der Waals surface area (Å²) in [5.74, 6) is 1.70. The third kappa shape index (κ3) is 8.91. The Hall–Kier alpha value is -3.92. The van der Waals surface area contributed by atoms with Crippen LogP contribution < -0.4 is 0 Å². The lowest BCUT2D eigenvalue weighted by molar-refractivity contribution is 0.435. The molecule has 254 valence electrons. The Morgan fingerprint density at radius 3 is 1.19 bits per heavy atom. The number of hydrogen-bond donors (Lipinski definition) is 4. The Labute approximate surface area is 284 Å². The van der Waals surface area contributed by atoms with Gasteiger partial charge in [0.25, 0.3) is 0 Å². The van der Waals surface area contributed by atoms with Crippen LogP contribution in [-0.4, -0.2) is 20.4 Å². The van der Waals surface area contributed by atoms with Crippen molar-refractivity contribution in [2.24, 2.45) is 0 Å². The Balaban J connectivity index is 0.000000257. The van der Waals surface area contributed by atoms with Crippen LogP contribution in [0.5, 0.6) is 23.0 Å². The zero-order valence-electron chi connectivity index (χ0n) is 31.1. The monoisotopic (exact) mass is 638 g/mol. The molecule has 0 aliphatic heterocycles. The van der Waals surface area contributed by atoms with E-state index < -0.39 is 0 Å². The van der Waals surface area contributed by atoms with Crippen molar-refractivity contribution < 1.29 is 20.4 Å². The normalized spacial score (nSPS) is 11.9. The van der Waals surface area contributed by atoms with Crippen LogP contribution in [0.15, 0.2) is 48.5 Å². The highest BCUT2D eigenvalue weighted by atomic mass is 16.3. The van der Waals surface area contributed by atoms with Crippen molar-refractivity contribution in [1.29, 1.82) is 0 Å². The number of aromatic hydroxyl groups is 4. The Kier molecular flexibility index (Phi) is 11.5. The average Bonchev–Trinajstić information content (AvgIpc) is 2.94. The number of rotatable bonds is 6. The molecule has 0 fully saturated rings. The van der Waals surface area contributed by atoms with Crippen molar-refractivity contribution in [2.45, 2.75) is 126 Å². The molecule has 4 aromatic rings. The van der Waals surface area contributed by atoms with Gasteiger partial charge in [-0.1, -0.05) is 102 Å². The Morgan fingerprint density at radius 1 is 0.511 bits per heavy atom. The van der Waals surface area contributed by atoms with Gasteiger partial charge >= 0.3 is 0 Å². The minimum absolute atomic E-state index is 0.129. The van der Waals surface area contributed by atoms with Crippen LogP contribution >= 0.6 is 0 Å². The lowest BCUT2D eigenvalue weighted by atomic mass is 9.81. The van der Waals surface area contributed by atoms with Gasteiger partial charge in [-0.15, -0.1) is 0 Å². The zero-order chi connectivity index (χ0) is 35.6. The number of phenols is 4. The van der Waals surface area contributed by atoms with Crippen LogP contribution in [0.25, 0.3) is 0 Å². The molecule has 0 heterocycles. The Morgan fingerprint density at radius 2 is 0.872 bits per heavy atom. The predicted octanol–water partition coefficient (Wildman–Crippen LogP) is 11.2. The summed E-state index contributed by atoms with van der Waals surface area (Å²) in [4.78, 5) is 0. The molecule has 4 heteroatoms. The lowest BCUT2D eigenvalue weighted by Crippen LogP contribution is -2.14. The summed E-state index contributed by atoms with van der Waals surface area (Å²) in [6, 6.07) is 16.1. The molecule has 0 saturated carbocycles. The summed E-state index contributed by atoms with van der Waals surface area (Å²) >= 11 is 0. The fraction of sp³-hybridized carbons (Fsp3) is 0.442. The van der Waals surface area contributed by atoms with Crippen molar-refractivity contribution in [2.75, 3.05) is 0 Å². The summed E-state index contributed by atoms with van der Waals surface area (Å²) in [6.45, 7) is 26.9. The fourth-order valence-corrected chi connectivity index (χ4v) is 6.49. The van der Waals surface area contributed by atoms with E-state index in [0.29, 0.717) is 35.3 Å². The highest BCUT2D eigenvalue weighted by molar-refractivity contribution is 5.53. The molecule has 4 aromatic carbocycles. The molecule has 0 aliphatic carbocycles. The van der Waals surface area contributed by atoms with E-state index >= 15 is 0 Å². The first-order valence-corrected chi connectivity index (χ1v) is 16.9. The second-order valence-corrected chi connectivity index (χ2v) is 15.6. The average molecular weight is 639 g/mol. The van der Waals surface area contributed by atoms with E-state index in [-0.39, 0.29) is 10.8 Å². The molecule has 4 N–H and O–H groups in total. The van der Waals surface area contributed by atoms with Crippen molar-refractivity contribution >= 4 is 0 Å². The van der Waals surface area contributed by atoms with E-state index in [1.54, 1.807) is 0 Å². The van der Waals surface area contributed by atoms with Gasteiger partial charge in [0.1, 0.15) is 23.0 Å². The van der Waals surface area contributed by atoms with Crippen LogP contribution in [0, 0.1) is 41.5 Å². The van der Waals surface area contributed by atoms with Gasteiger partial charge in [0.15, 0.2) is 0 Å². The first-order valence-electron chi connectivity index (χ1n) is 16.9. The summed E-state index contributed by atoms with van der Waals surface area (Å²) in [5.41, 5.74) is 12.2. The molecule has 0 unspecified atom stereocenters. The summed E-state index contributed by atoms with van der Waals surface area (Å²) in [5, 5.41) is 41.5. The van der Waals surface area contributed by atoms with Crippen molar-refractivity contribution in [3.05, 3.63) is 115 Å². The molecule has 4 rings (SSSR count). The van der Waals surface area contributed by atoms with E-state index in [0.717, 1.165) is 68.5 Å². The van der Waals surface area contributed by atoms with E-state index in [9.17, 15) is 20.4 Å². The van der Waals surface area contributed by atoms with Gasteiger partial charge in [0.05, 0.1) is 0 Å². The molecule has 0 aromatic heterocycles. The van der Waals surface area contributed by atoms with Gasteiger partial charge in [0.2, 0.25) is 0 Å². The summed E-state index contributed by atoms with van der Waals surface area (Å²) in [6.07, 6.45) is 2.66. The molecule has 0 atom stereocenters. The van der Waals surface area contributed by atoms with E-state index in [4.69, 9.17) is 0 Å². The molecule has 0 amide bonds. The standard InChI is InChI=1S/C23H32O2.C20H26O2/c1-14-9-16(20(24)18(11-14)22(3,4)5)13-17-10-15(2)12-19(21(17)25)23(6,7)8;1-6-7-16(17-8-14(4)19(21)10-12(17)2)18-9-15(5)20(22)11-13(18)3/h9-12,24-25H,13H2,1-8H3;8-11,16,21-22H,6-7H2,1-5H3. The first kappa shape index (κ1) is 37.5. The topological polar surface area (TPSA) is 80.9 Å². The summed E-state index contributed by atoms with van der Waals surface area (Å²) in [7, 11) is 0. The van der Waals surface area contributed by atoms with E-state index in [1.165, 1.54) is 11.1 Å². The fourth-order valence-electron chi connectivity index (χ4n) is 6.49. The Bertz CT molecular complexity index is 1610. The predicted molar refractivity (Wildman–Crippen MR) is 198 cm³/mol. The molecule has 0 radical (unpaired) electrons. The smallest absolute Gasteiger partial charge is 0.122 e. The van der Waals surface area contributed by atoms with E-state index in [2.05, 4.69) is 100 Å². The maximum Gasteiger partial charge on any atom is 0.122 e. The third-order valence-corrected chi connectivity index (χ3v) is 9.16. The maximum absolute atomic E-state index is 10.8. The number of aryl methyl sites for hydroxylation is 6. The molecule has 4 nitrogen and oxygen atoms in total. The second-order valence-electron chi connectivity index (χ2n) is 15.6. The molecule has 0 saturated heterocycles. The zero-order valence-corrected chi connectivity index (χ0v) is 31.1. The summed E-state index contributed by atoms with van der Waals surface area (Å²) < 4.78 is 0. The van der Waals surface area contributed by atoms with Crippen LogP contribution in [0.1, 0.15) is 134 Å². The molecule has 0 bridgehead atoms. The second kappa shape index (κ2) is 14.5. The van der Waals surface area contributed by atoms with Gasteiger partial charge < -0.3 is 20.4 Å². The van der Waals surface area contributed by atoms with Gasteiger partial charge in [-0.2, -0.15) is 0 Å². The minimum atomic E-state index is -0.129. The van der Waals surface area contributed by atoms with Crippen LogP contribution in [0.2, 0.25) is 0 Å². The van der Waals surface area contributed by atoms with E-state index in [1.807, 2.05) is 38.1 Å². The maximum atomic E-state index is 10.8. The highest BCUT2D eigenvalue weighted by Gasteiger charge is 2.24. The number of phenolic OH excluding ortho intramolecular Hbond substituents is 4. The molecule has 47 heavy (non-hydrogen) atoms. The quantitative estimate of drug-likeness (QED) is 0.169. The number of benzene rings is 4. The molecule has 0 aliphatic rings. The molecular formula is C43H58O4. The van der Waals surface area contributed by atoms with Gasteiger partial charge in [-0.05, 0) is 127 Å². The number of hydrogen-bond acceptors (Lipinski definition) is 4. The third-order valence-electron chi connectivity index (χ3n) is 9.16. The van der Waals surface area contributed by atoms with Crippen molar-refractivity contribution in [3.8, 4) is 23.0 Å². The molecule has 0 spiro atoms. The minimum Gasteiger partial charge on any atom is -0.508 e. The SMILES string of the molecule is CCCC(c1cc(C)c(O)cc1C)c1cc(C)c(O)cc1C.Cc1cc(Cc2cc(C)cc(C(C)(C)C)c2O)c(O)c(C(C)(C)C)c1. The molecular weight excluding hydrogens is 580 g/mol. The largest absolute Gasteiger partial charge is 0.508 e. The van der Waals surface area contributed by atoms with Gasteiger partial charge in [-0.3, -0.25) is 0 Å². The van der Waals surface area contributed by atoms with Crippen LogP contribution in [0.3, 0.4) is 0 Å². The first-order chi connectivity index (χ1) is 21.6. The van der Waals surface area contributed by atoms with Gasteiger partial charge in [-0.25, -0.2) is 0 Å². The highest BCUT2D eigenvalue weighted by Crippen LogP contribution is 2.40.